The van der Waals surface area contributed by atoms with Crippen LogP contribution >= 0.6 is 0 Å². The first kappa shape index (κ1) is 12.7. The Morgan fingerprint density at radius 1 is 1.28 bits per heavy atom. The average Bonchev–Trinajstić information content (AvgIpc) is 2.77. The molecule has 0 aliphatic heterocycles. The molecule has 0 spiro atoms. The quantitative estimate of drug-likeness (QED) is 0.874. The van der Waals surface area contributed by atoms with Gasteiger partial charge in [-0.15, -0.1) is 0 Å². The summed E-state index contributed by atoms with van der Waals surface area (Å²) in [6.45, 7) is 0.285. The summed E-state index contributed by atoms with van der Waals surface area (Å²) >= 11 is 0. The van der Waals surface area contributed by atoms with E-state index in [1.165, 1.54) is 0 Å². The van der Waals surface area contributed by atoms with Gasteiger partial charge in [-0.3, -0.25) is 4.72 Å². The fraction of sp³-hybridized carbons (Fsp3) is 0.167. The topological polar surface area (TPSA) is 77.1 Å². The summed E-state index contributed by atoms with van der Waals surface area (Å²) in [4.78, 5) is 0.233. The van der Waals surface area contributed by atoms with E-state index in [4.69, 9.17) is 5.73 Å². The molecular weight excluding hydrogens is 250 g/mol. The number of benzene rings is 1. The average molecular weight is 265 g/mol. The summed E-state index contributed by atoms with van der Waals surface area (Å²) in [7, 11) is -1.78. The van der Waals surface area contributed by atoms with Crippen molar-refractivity contribution in [2.75, 3.05) is 4.72 Å². The van der Waals surface area contributed by atoms with Gasteiger partial charge >= 0.3 is 0 Å². The van der Waals surface area contributed by atoms with E-state index < -0.39 is 10.0 Å². The van der Waals surface area contributed by atoms with Crippen LogP contribution in [0.15, 0.2) is 47.6 Å². The number of aromatic nitrogens is 1. The van der Waals surface area contributed by atoms with Crippen LogP contribution in [0.3, 0.4) is 0 Å². The molecule has 0 bridgehead atoms. The predicted octanol–water partition coefficient (Wildman–Crippen LogP) is 1.28. The van der Waals surface area contributed by atoms with Gasteiger partial charge in [0.15, 0.2) is 0 Å². The normalized spacial score (nSPS) is 11.4. The van der Waals surface area contributed by atoms with Gasteiger partial charge in [-0.25, -0.2) is 8.42 Å². The first-order chi connectivity index (χ1) is 8.53. The number of para-hydroxylation sites is 1. The van der Waals surface area contributed by atoms with Crippen LogP contribution in [0.4, 0.5) is 5.69 Å². The molecule has 1 heterocycles. The zero-order chi connectivity index (χ0) is 13.2. The van der Waals surface area contributed by atoms with E-state index in [0.717, 1.165) is 5.56 Å². The van der Waals surface area contributed by atoms with E-state index in [0.29, 0.717) is 5.69 Å². The number of anilines is 1. The zero-order valence-electron chi connectivity index (χ0n) is 10.00. The number of rotatable bonds is 4. The first-order valence-corrected chi connectivity index (χ1v) is 6.94. The Balaban J connectivity index is 2.33. The van der Waals surface area contributed by atoms with Crippen molar-refractivity contribution < 1.29 is 8.42 Å². The number of hydrogen-bond acceptors (Lipinski definition) is 3. The highest BCUT2D eigenvalue weighted by Gasteiger charge is 2.16. The third kappa shape index (κ3) is 2.55. The van der Waals surface area contributed by atoms with Crippen LogP contribution in [0.5, 0.6) is 0 Å². The minimum atomic E-state index is -3.55. The van der Waals surface area contributed by atoms with E-state index in [2.05, 4.69) is 4.72 Å². The highest BCUT2D eigenvalue weighted by molar-refractivity contribution is 7.92. The van der Waals surface area contributed by atoms with Gasteiger partial charge in [-0.05, 0) is 17.7 Å². The highest BCUT2D eigenvalue weighted by atomic mass is 32.2. The van der Waals surface area contributed by atoms with Gasteiger partial charge in [0.05, 0.1) is 5.69 Å². The molecule has 3 N–H and O–H groups in total. The van der Waals surface area contributed by atoms with E-state index in [9.17, 15) is 8.42 Å². The van der Waals surface area contributed by atoms with Crippen LogP contribution in [0, 0.1) is 0 Å². The van der Waals surface area contributed by atoms with E-state index >= 15 is 0 Å². The van der Waals surface area contributed by atoms with Crippen LogP contribution < -0.4 is 10.5 Å². The Morgan fingerprint density at radius 2 is 2.00 bits per heavy atom. The minimum absolute atomic E-state index is 0.233. The van der Waals surface area contributed by atoms with Crippen molar-refractivity contribution in [2.24, 2.45) is 12.8 Å². The van der Waals surface area contributed by atoms with Crippen molar-refractivity contribution >= 4 is 15.7 Å². The minimum Gasteiger partial charge on any atom is -0.356 e. The molecule has 96 valence electrons. The Kier molecular flexibility index (Phi) is 3.40. The maximum atomic E-state index is 12.1. The van der Waals surface area contributed by atoms with Crippen molar-refractivity contribution in [3.63, 3.8) is 0 Å². The molecule has 1 aromatic heterocycles. The maximum absolute atomic E-state index is 12.1. The predicted molar refractivity (Wildman–Crippen MR) is 70.6 cm³/mol. The van der Waals surface area contributed by atoms with Crippen LogP contribution in [0.1, 0.15) is 5.56 Å². The molecule has 0 amide bonds. The summed E-state index contributed by atoms with van der Waals surface area (Å²) in [5.41, 5.74) is 6.85. The van der Waals surface area contributed by atoms with Gasteiger partial charge in [-0.2, -0.15) is 0 Å². The molecule has 0 aliphatic rings. The Morgan fingerprint density at radius 3 is 2.61 bits per heavy atom. The molecule has 2 rings (SSSR count). The lowest BCUT2D eigenvalue weighted by molar-refractivity contribution is 0.601. The Hall–Kier alpha value is -1.79. The second-order valence-electron chi connectivity index (χ2n) is 3.98. The summed E-state index contributed by atoms with van der Waals surface area (Å²) in [5, 5.41) is 0. The largest absolute Gasteiger partial charge is 0.356 e. The van der Waals surface area contributed by atoms with Gasteiger partial charge in [0.1, 0.15) is 4.90 Å². The molecule has 18 heavy (non-hydrogen) atoms. The van der Waals surface area contributed by atoms with Crippen LogP contribution in [0.2, 0.25) is 0 Å². The molecule has 5 nitrogen and oxygen atoms in total. The van der Waals surface area contributed by atoms with Crippen molar-refractivity contribution in [3.05, 3.63) is 48.3 Å². The van der Waals surface area contributed by atoms with Gasteiger partial charge in [-0.1, -0.05) is 18.2 Å². The maximum Gasteiger partial charge on any atom is 0.263 e. The standard InChI is InChI=1S/C12H15N3O2S/c1-15-7-6-11(9-15)18(16,17)14-12-5-3-2-4-10(12)8-13/h2-7,9,14H,8,13H2,1H3. The van der Waals surface area contributed by atoms with Gasteiger partial charge in [0, 0.05) is 26.0 Å². The lowest BCUT2D eigenvalue weighted by Gasteiger charge is -2.10. The fourth-order valence-electron chi connectivity index (χ4n) is 1.64. The van der Waals surface area contributed by atoms with E-state index in [-0.39, 0.29) is 11.4 Å². The molecule has 6 heteroatoms. The lowest BCUT2D eigenvalue weighted by Crippen LogP contribution is -2.14. The second kappa shape index (κ2) is 4.83. The first-order valence-electron chi connectivity index (χ1n) is 5.46. The second-order valence-corrected chi connectivity index (χ2v) is 5.66. The highest BCUT2D eigenvalue weighted by Crippen LogP contribution is 2.19. The molecule has 0 unspecified atom stereocenters. The number of sulfonamides is 1. The van der Waals surface area contributed by atoms with Crippen LogP contribution in [0.25, 0.3) is 0 Å². The molecule has 0 atom stereocenters. The number of aryl methyl sites for hydroxylation is 1. The van der Waals surface area contributed by atoms with Crippen molar-refractivity contribution in [1.82, 2.24) is 4.57 Å². The fourth-order valence-corrected chi connectivity index (χ4v) is 2.79. The molecule has 0 saturated heterocycles. The molecule has 0 radical (unpaired) electrons. The summed E-state index contributed by atoms with van der Waals surface area (Å²) in [6, 6.07) is 8.63. The Bertz CT molecular complexity index is 647. The molecule has 0 saturated carbocycles. The number of hydrogen-bond donors (Lipinski definition) is 2. The number of nitrogens with one attached hydrogen (secondary N) is 1. The SMILES string of the molecule is Cn1ccc(S(=O)(=O)Nc2ccccc2CN)c1. The summed E-state index contributed by atoms with van der Waals surface area (Å²) in [5.74, 6) is 0. The zero-order valence-corrected chi connectivity index (χ0v) is 10.8. The van der Waals surface area contributed by atoms with Crippen molar-refractivity contribution in [1.29, 1.82) is 0 Å². The van der Waals surface area contributed by atoms with E-state index in [1.807, 2.05) is 6.07 Å². The molecule has 1 aromatic carbocycles. The van der Waals surface area contributed by atoms with Crippen LogP contribution in [-0.4, -0.2) is 13.0 Å². The van der Waals surface area contributed by atoms with Crippen LogP contribution in [-0.2, 0) is 23.6 Å². The van der Waals surface area contributed by atoms with Crippen molar-refractivity contribution in [2.45, 2.75) is 11.4 Å². The van der Waals surface area contributed by atoms with Crippen molar-refractivity contribution in [3.8, 4) is 0 Å². The molecule has 0 fully saturated rings. The lowest BCUT2D eigenvalue weighted by atomic mass is 10.2. The van der Waals surface area contributed by atoms with Gasteiger partial charge in [0.25, 0.3) is 10.0 Å². The summed E-state index contributed by atoms with van der Waals surface area (Å²) < 4.78 is 28.5. The number of nitrogens with two attached hydrogens (primary N) is 1. The monoisotopic (exact) mass is 265 g/mol. The molecule has 2 aromatic rings. The third-order valence-corrected chi connectivity index (χ3v) is 3.95. The third-order valence-electron chi connectivity index (χ3n) is 2.60. The Labute approximate surface area is 106 Å². The molecule has 0 aliphatic carbocycles. The van der Waals surface area contributed by atoms with Gasteiger partial charge < -0.3 is 10.3 Å². The molecular formula is C12H15N3O2S. The van der Waals surface area contributed by atoms with E-state index in [1.54, 1.807) is 48.3 Å². The summed E-state index contributed by atoms with van der Waals surface area (Å²) in [6.07, 6.45) is 3.23. The van der Waals surface area contributed by atoms with Gasteiger partial charge in [0.2, 0.25) is 0 Å². The smallest absolute Gasteiger partial charge is 0.263 e. The number of nitrogens with zero attached hydrogens (tertiary/aromatic N) is 1.